The second kappa shape index (κ2) is 12.9. The van der Waals surface area contributed by atoms with Gasteiger partial charge in [-0.05, 0) is 84.5 Å². The lowest BCUT2D eigenvalue weighted by Gasteiger charge is -2.38. The number of nitrogens with zero attached hydrogens (tertiary/aromatic N) is 7. The van der Waals surface area contributed by atoms with Gasteiger partial charge in [0.2, 0.25) is 5.88 Å². The Morgan fingerprint density at radius 3 is 2.82 bits per heavy atom. The van der Waals surface area contributed by atoms with Crippen molar-refractivity contribution in [1.82, 2.24) is 35.1 Å². The van der Waals surface area contributed by atoms with Crippen LogP contribution in [0.2, 0.25) is 0 Å². The molecule has 2 fully saturated rings. The number of likely N-dealkylation sites (N-methyl/N-ethyl adjacent to an activating group) is 1. The van der Waals surface area contributed by atoms with E-state index in [0.717, 1.165) is 61.1 Å². The third-order valence-corrected chi connectivity index (χ3v) is 11.3. The van der Waals surface area contributed by atoms with Crippen molar-refractivity contribution in [2.75, 3.05) is 32.5 Å². The van der Waals surface area contributed by atoms with Gasteiger partial charge in [0.15, 0.2) is 28.8 Å². The van der Waals surface area contributed by atoms with E-state index in [4.69, 9.17) is 29.7 Å². The van der Waals surface area contributed by atoms with Crippen molar-refractivity contribution in [2.24, 2.45) is 0 Å². The fourth-order valence-corrected chi connectivity index (χ4v) is 8.80. The van der Waals surface area contributed by atoms with E-state index in [9.17, 15) is 10.1 Å². The highest BCUT2D eigenvalue weighted by molar-refractivity contribution is 7.16. The third kappa shape index (κ3) is 5.98. The molecule has 3 aliphatic rings. The summed E-state index contributed by atoms with van der Waals surface area (Å²) in [6, 6.07) is 6.01. The van der Waals surface area contributed by atoms with Crippen LogP contribution in [0.5, 0.6) is 5.88 Å². The van der Waals surface area contributed by atoms with Crippen molar-refractivity contribution < 1.29 is 18.8 Å². The van der Waals surface area contributed by atoms with Gasteiger partial charge in [-0.25, -0.2) is 9.67 Å². The molecule has 0 aromatic carbocycles. The molecular formula is C35H43N9O4S. The highest BCUT2D eigenvalue weighted by atomic mass is 32.1. The lowest BCUT2D eigenvalue weighted by molar-refractivity contribution is -0.0594. The molecule has 1 amide bonds. The monoisotopic (exact) mass is 685 g/mol. The van der Waals surface area contributed by atoms with Crippen molar-refractivity contribution in [3.05, 3.63) is 51.4 Å². The summed E-state index contributed by atoms with van der Waals surface area (Å²) >= 11 is 1.49. The van der Waals surface area contributed by atoms with Crippen LogP contribution in [0.25, 0.3) is 17.3 Å². The number of carbonyl (C=O) groups is 1. The van der Waals surface area contributed by atoms with Crippen LogP contribution >= 0.6 is 11.3 Å². The van der Waals surface area contributed by atoms with Gasteiger partial charge in [0.25, 0.3) is 5.91 Å². The summed E-state index contributed by atoms with van der Waals surface area (Å²) in [7, 11) is 2.12. The lowest BCUT2D eigenvalue weighted by Crippen LogP contribution is -2.59. The van der Waals surface area contributed by atoms with Gasteiger partial charge in [0.05, 0.1) is 29.7 Å². The zero-order valence-electron chi connectivity index (χ0n) is 28.7. The molecule has 258 valence electrons. The molecule has 0 spiro atoms. The first-order valence-corrected chi connectivity index (χ1v) is 17.9. The number of fused-ring (bicyclic) bond motifs is 1. The van der Waals surface area contributed by atoms with Crippen molar-refractivity contribution >= 4 is 22.2 Å². The zero-order valence-corrected chi connectivity index (χ0v) is 29.5. The van der Waals surface area contributed by atoms with Crippen molar-refractivity contribution in [2.45, 2.75) is 95.7 Å². The molecule has 2 saturated heterocycles. The molecule has 13 nitrogen and oxygen atoms in total. The maximum atomic E-state index is 13.1. The number of anilines is 1. The minimum atomic E-state index is -0.590. The van der Waals surface area contributed by atoms with Crippen LogP contribution in [-0.4, -0.2) is 80.2 Å². The molecule has 14 heteroatoms. The highest BCUT2D eigenvalue weighted by Crippen LogP contribution is 2.50. The van der Waals surface area contributed by atoms with E-state index in [1.165, 1.54) is 11.3 Å². The van der Waals surface area contributed by atoms with E-state index in [1.807, 2.05) is 6.92 Å². The van der Waals surface area contributed by atoms with Gasteiger partial charge in [-0.1, -0.05) is 18.5 Å². The lowest BCUT2D eigenvalue weighted by atomic mass is 9.69. The first-order valence-electron chi connectivity index (χ1n) is 17.1. The van der Waals surface area contributed by atoms with Gasteiger partial charge >= 0.3 is 0 Å². The second-order valence-corrected chi connectivity index (χ2v) is 15.2. The Kier molecular flexibility index (Phi) is 8.71. The molecule has 3 N–H and O–H groups in total. The molecule has 49 heavy (non-hydrogen) atoms. The van der Waals surface area contributed by atoms with E-state index < -0.39 is 11.0 Å². The van der Waals surface area contributed by atoms with E-state index in [-0.39, 0.29) is 23.7 Å². The Labute approximate surface area is 289 Å². The predicted octanol–water partition coefficient (Wildman–Crippen LogP) is 4.81. The van der Waals surface area contributed by atoms with Gasteiger partial charge in [-0.15, -0.1) is 11.3 Å². The smallest absolute Gasteiger partial charge is 0.272 e. The Morgan fingerprint density at radius 2 is 2.12 bits per heavy atom. The number of hydrogen-bond acceptors (Lipinski definition) is 12. The van der Waals surface area contributed by atoms with Crippen LogP contribution in [0.3, 0.4) is 0 Å². The number of carbonyl (C=O) groups excluding carboxylic acids is 1. The number of nitrogen functional groups attached to an aromatic ring is 1. The molecule has 0 saturated carbocycles. The van der Waals surface area contributed by atoms with Crippen LogP contribution in [0, 0.1) is 11.3 Å². The average molecular weight is 686 g/mol. The van der Waals surface area contributed by atoms with Crippen LogP contribution in [-0.2, 0) is 23.0 Å². The van der Waals surface area contributed by atoms with Gasteiger partial charge < -0.3 is 25.0 Å². The molecule has 0 unspecified atom stereocenters. The number of likely N-dealkylation sites (tertiary alicyclic amines) is 1. The van der Waals surface area contributed by atoms with Gasteiger partial charge in [-0.3, -0.25) is 9.69 Å². The Morgan fingerprint density at radius 1 is 1.31 bits per heavy atom. The van der Waals surface area contributed by atoms with E-state index in [2.05, 4.69) is 54.4 Å². The molecule has 7 rings (SSSR count). The minimum absolute atomic E-state index is 0.136. The van der Waals surface area contributed by atoms with Crippen LogP contribution in [0.15, 0.2) is 22.9 Å². The molecule has 2 aliphatic heterocycles. The summed E-state index contributed by atoms with van der Waals surface area (Å²) in [6.07, 6.45) is 7.83. The first kappa shape index (κ1) is 33.2. The maximum absolute atomic E-state index is 13.1. The Hall–Kier alpha value is -4.32. The van der Waals surface area contributed by atoms with E-state index >= 15 is 0 Å². The molecule has 1 aliphatic carbocycles. The summed E-state index contributed by atoms with van der Waals surface area (Å²) < 4.78 is 19.6. The molecule has 4 aromatic heterocycles. The fourth-order valence-electron chi connectivity index (χ4n) is 7.61. The summed E-state index contributed by atoms with van der Waals surface area (Å²) in [5, 5.41) is 22.8. The topological polar surface area (TPSA) is 170 Å². The van der Waals surface area contributed by atoms with Gasteiger partial charge in [-0.2, -0.15) is 15.3 Å². The largest absolute Gasteiger partial charge is 0.473 e. The van der Waals surface area contributed by atoms with Crippen LogP contribution < -0.4 is 15.8 Å². The standard InChI is InChI=1S/C35H43N9O4S/c1-6-9-21-29(42-48-30(21)35(4)13-7-11-25-28(35)22(17-36)31(37)49-25)32-38-26(16-27(39-32)47-20(2)24-10-8-14-43(24)5)44-15-12-23(41-44)33(45)40-34(3)18-46-19-34/h12,15-16,20,24H,6-11,13-14,18-19,37H2,1-5H3,(H,40,45)/t20-,24-,35-/m0/s1. The second-order valence-electron chi connectivity index (χ2n) is 14.1. The SMILES string of the molecule is CCCc1c(-c2nc(O[C@@H](C)[C@@H]3CCCN3C)cc(-n3ccc(C(=O)NC4(C)COC4)n3)n2)noc1[C@@]1(C)CCCc2sc(N)c(C#N)c21. The number of thiophene rings is 1. The first-order chi connectivity index (χ1) is 23.5. The summed E-state index contributed by atoms with van der Waals surface area (Å²) in [5.41, 5.74) is 8.49. The number of ether oxygens (including phenoxy) is 2. The highest BCUT2D eigenvalue weighted by Gasteiger charge is 2.44. The molecule has 0 radical (unpaired) electrons. The number of nitrogens with two attached hydrogens (primary N) is 1. The van der Waals surface area contributed by atoms with Crippen molar-refractivity contribution in [3.8, 4) is 29.3 Å². The number of nitrogens with one attached hydrogen (secondary N) is 1. The van der Waals surface area contributed by atoms with Crippen LogP contribution in [0.1, 0.15) is 97.6 Å². The van der Waals surface area contributed by atoms with E-state index in [1.54, 1.807) is 23.0 Å². The zero-order chi connectivity index (χ0) is 34.5. The number of aromatic nitrogens is 5. The number of rotatable bonds is 10. The molecule has 4 aromatic rings. The Bertz CT molecular complexity index is 1920. The minimum Gasteiger partial charge on any atom is -0.473 e. The number of nitriles is 1. The average Bonchev–Trinajstić information content (AvgIpc) is 3.86. The molecule has 3 atom stereocenters. The van der Waals surface area contributed by atoms with Gasteiger partial charge in [0, 0.05) is 28.7 Å². The number of aryl methyl sites for hydroxylation is 1. The van der Waals surface area contributed by atoms with E-state index in [0.29, 0.717) is 59.2 Å². The van der Waals surface area contributed by atoms with Crippen LogP contribution in [0.4, 0.5) is 5.00 Å². The molecule has 0 bridgehead atoms. The Balaban J connectivity index is 1.31. The number of amides is 1. The van der Waals surface area contributed by atoms with Crippen molar-refractivity contribution in [3.63, 3.8) is 0 Å². The quantitative estimate of drug-likeness (QED) is 0.235. The van der Waals surface area contributed by atoms with Crippen molar-refractivity contribution in [1.29, 1.82) is 5.26 Å². The number of hydrogen-bond donors (Lipinski definition) is 2. The summed E-state index contributed by atoms with van der Waals surface area (Å²) in [5.74, 6) is 1.57. The third-order valence-electron chi connectivity index (χ3n) is 10.2. The normalized spacial score (nSPS) is 22.2. The maximum Gasteiger partial charge on any atom is 0.272 e. The predicted molar refractivity (Wildman–Crippen MR) is 184 cm³/mol. The molecular weight excluding hydrogens is 643 g/mol. The fraction of sp³-hybridized carbons (Fsp3) is 0.543. The van der Waals surface area contributed by atoms with Gasteiger partial charge in [0.1, 0.15) is 17.2 Å². The summed E-state index contributed by atoms with van der Waals surface area (Å²) in [6.45, 7) is 10.2. The summed E-state index contributed by atoms with van der Waals surface area (Å²) in [4.78, 5) is 26.3. The molecule has 6 heterocycles.